The molecule has 0 atom stereocenters. The van der Waals surface area contributed by atoms with Crippen LogP contribution in [0.4, 0.5) is 0 Å². The number of aliphatic carboxylic acids is 1. The van der Waals surface area contributed by atoms with E-state index < -0.39 is 11.4 Å². The van der Waals surface area contributed by atoms with Gasteiger partial charge < -0.3 is 5.11 Å². The Kier molecular flexibility index (Phi) is 4.97. The first kappa shape index (κ1) is 16.3. The molecule has 118 valence electrons. The number of nitrogens with zero attached hydrogens (tertiary/aromatic N) is 2. The molecule has 1 aromatic rings. The Bertz CT molecular complexity index is 517. The van der Waals surface area contributed by atoms with E-state index in [4.69, 9.17) is 11.6 Å². The molecule has 2 rings (SSSR count). The molecular weight excluding hydrogens is 288 g/mol. The molecule has 0 spiro atoms. The Morgan fingerprint density at radius 1 is 1.48 bits per heavy atom. The van der Waals surface area contributed by atoms with Gasteiger partial charge in [0.1, 0.15) is 0 Å². The smallest absolute Gasteiger partial charge is 0.310 e. The Labute approximate surface area is 131 Å². The fourth-order valence-corrected chi connectivity index (χ4v) is 3.81. The number of halogens is 1. The predicted molar refractivity (Wildman–Crippen MR) is 83.6 cm³/mol. The zero-order valence-corrected chi connectivity index (χ0v) is 13.9. The average Bonchev–Trinajstić information content (AvgIpc) is 2.67. The van der Waals surface area contributed by atoms with Crippen LogP contribution in [0.15, 0.2) is 0 Å². The number of carbonyl (C=O) groups is 1. The molecule has 1 saturated carbocycles. The van der Waals surface area contributed by atoms with Gasteiger partial charge in [-0.15, -0.1) is 0 Å². The zero-order valence-electron chi connectivity index (χ0n) is 13.2. The van der Waals surface area contributed by atoms with E-state index in [0.717, 1.165) is 37.1 Å². The van der Waals surface area contributed by atoms with Crippen LogP contribution < -0.4 is 0 Å². The summed E-state index contributed by atoms with van der Waals surface area (Å²) in [6.07, 6.45) is 6.38. The summed E-state index contributed by atoms with van der Waals surface area (Å²) in [4.78, 5) is 11.9. The Morgan fingerprint density at radius 2 is 2.10 bits per heavy atom. The summed E-state index contributed by atoms with van der Waals surface area (Å²) in [6.45, 7) is 4.05. The Morgan fingerprint density at radius 3 is 2.52 bits per heavy atom. The average molecular weight is 313 g/mol. The van der Waals surface area contributed by atoms with Crippen molar-refractivity contribution in [1.29, 1.82) is 0 Å². The minimum absolute atomic E-state index is 0.483. The summed E-state index contributed by atoms with van der Waals surface area (Å²) < 4.78 is 1.74. The molecule has 0 bridgehead atoms. The van der Waals surface area contributed by atoms with E-state index in [1.165, 1.54) is 12.8 Å². The van der Waals surface area contributed by atoms with Crippen LogP contribution in [0, 0.1) is 18.3 Å². The van der Waals surface area contributed by atoms with Gasteiger partial charge in [0.25, 0.3) is 0 Å². The van der Waals surface area contributed by atoms with Crippen LogP contribution >= 0.6 is 11.6 Å². The van der Waals surface area contributed by atoms with E-state index in [0.29, 0.717) is 17.4 Å². The molecule has 1 aliphatic carbocycles. The lowest BCUT2D eigenvalue weighted by Gasteiger charge is -2.37. The van der Waals surface area contributed by atoms with E-state index in [2.05, 4.69) is 12.0 Å². The first-order valence-electron chi connectivity index (χ1n) is 7.81. The van der Waals surface area contributed by atoms with Crippen LogP contribution in [0.2, 0.25) is 5.02 Å². The highest BCUT2D eigenvalue weighted by Gasteiger charge is 2.43. The van der Waals surface area contributed by atoms with E-state index >= 15 is 0 Å². The molecule has 1 N–H and O–H groups in total. The van der Waals surface area contributed by atoms with Crippen LogP contribution in [0.1, 0.15) is 56.8 Å². The van der Waals surface area contributed by atoms with Crippen LogP contribution in [-0.4, -0.2) is 20.9 Å². The molecule has 1 heterocycles. The van der Waals surface area contributed by atoms with Gasteiger partial charge in [-0.1, -0.05) is 31.4 Å². The van der Waals surface area contributed by atoms with Gasteiger partial charge in [0.05, 0.1) is 21.8 Å². The predicted octanol–water partition coefficient (Wildman–Crippen LogP) is 3.99. The molecule has 0 saturated heterocycles. The lowest BCUT2D eigenvalue weighted by molar-refractivity contribution is -0.151. The molecule has 0 aliphatic heterocycles. The molecule has 4 nitrogen and oxygen atoms in total. The molecule has 1 fully saturated rings. The fraction of sp³-hybridized carbons (Fsp3) is 0.750. The second kappa shape index (κ2) is 6.39. The summed E-state index contributed by atoms with van der Waals surface area (Å²) in [5.74, 6) is -0.00131. The quantitative estimate of drug-likeness (QED) is 0.894. The van der Waals surface area contributed by atoms with Crippen LogP contribution in [0.25, 0.3) is 0 Å². The molecule has 0 amide bonds. The van der Waals surface area contributed by atoms with E-state index in [-0.39, 0.29) is 0 Å². The van der Waals surface area contributed by atoms with Crippen molar-refractivity contribution in [3.63, 3.8) is 0 Å². The lowest BCUT2D eigenvalue weighted by Crippen LogP contribution is -2.38. The number of rotatable bonds is 5. The standard InChI is InChI=1S/C16H25ClN2O2/c1-4-5-12-6-8-16(9-7-12,15(20)21)10-13-14(17)11(2)18-19(13)3/h12H,4-10H2,1-3H3,(H,20,21). The fourth-order valence-electron chi connectivity index (χ4n) is 3.59. The van der Waals surface area contributed by atoms with Crippen molar-refractivity contribution in [1.82, 2.24) is 9.78 Å². The third-order valence-electron chi connectivity index (χ3n) is 4.98. The molecule has 0 aromatic carbocycles. The summed E-state index contributed by atoms with van der Waals surface area (Å²) in [5.41, 5.74) is 0.952. The maximum Gasteiger partial charge on any atom is 0.310 e. The van der Waals surface area contributed by atoms with Crippen molar-refractivity contribution in [2.45, 2.75) is 58.8 Å². The highest BCUT2D eigenvalue weighted by Crippen LogP contribution is 2.44. The van der Waals surface area contributed by atoms with E-state index in [1.807, 2.05) is 14.0 Å². The second-order valence-electron chi connectivity index (χ2n) is 6.46. The molecule has 1 aliphatic rings. The van der Waals surface area contributed by atoms with Crippen molar-refractivity contribution < 1.29 is 9.90 Å². The first-order valence-corrected chi connectivity index (χ1v) is 8.19. The summed E-state index contributed by atoms with van der Waals surface area (Å²) in [6, 6.07) is 0. The van der Waals surface area contributed by atoms with Gasteiger partial charge in [-0.3, -0.25) is 9.48 Å². The second-order valence-corrected chi connectivity index (χ2v) is 6.84. The maximum absolute atomic E-state index is 11.9. The van der Waals surface area contributed by atoms with Gasteiger partial charge in [0.15, 0.2) is 0 Å². The summed E-state index contributed by atoms with van der Waals surface area (Å²) >= 11 is 6.30. The van der Waals surface area contributed by atoms with E-state index in [1.54, 1.807) is 4.68 Å². The van der Waals surface area contributed by atoms with Crippen molar-refractivity contribution >= 4 is 17.6 Å². The number of carboxylic acids is 1. The van der Waals surface area contributed by atoms with Crippen LogP contribution in [0.5, 0.6) is 0 Å². The maximum atomic E-state index is 11.9. The van der Waals surface area contributed by atoms with Gasteiger partial charge in [-0.2, -0.15) is 5.10 Å². The molecular formula is C16H25ClN2O2. The SMILES string of the molecule is CCCC1CCC(Cc2c(Cl)c(C)nn2C)(C(=O)O)CC1. The summed E-state index contributed by atoms with van der Waals surface area (Å²) in [5, 5.41) is 14.7. The topological polar surface area (TPSA) is 55.1 Å². The van der Waals surface area contributed by atoms with Gasteiger partial charge in [0.2, 0.25) is 0 Å². The molecule has 21 heavy (non-hydrogen) atoms. The highest BCUT2D eigenvalue weighted by molar-refractivity contribution is 6.31. The lowest BCUT2D eigenvalue weighted by atomic mass is 9.67. The number of aromatic nitrogens is 2. The van der Waals surface area contributed by atoms with Crippen molar-refractivity contribution in [3.8, 4) is 0 Å². The Hall–Kier alpha value is -1.03. The number of carboxylic acid groups (broad SMARTS) is 1. The van der Waals surface area contributed by atoms with Crippen molar-refractivity contribution in [2.24, 2.45) is 18.4 Å². The molecule has 0 radical (unpaired) electrons. The molecule has 1 aromatic heterocycles. The first-order chi connectivity index (χ1) is 9.89. The zero-order chi connectivity index (χ0) is 15.6. The summed E-state index contributed by atoms with van der Waals surface area (Å²) in [7, 11) is 1.84. The number of hydrogen-bond acceptors (Lipinski definition) is 2. The van der Waals surface area contributed by atoms with Gasteiger partial charge >= 0.3 is 5.97 Å². The van der Waals surface area contributed by atoms with Crippen molar-refractivity contribution in [3.05, 3.63) is 16.4 Å². The molecule has 5 heteroatoms. The molecule has 0 unspecified atom stereocenters. The Balaban J connectivity index is 2.19. The normalized spacial score (nSPS) is 26.0. The van der Waals surface area contributed by atoms with Crippen LogP contribution in [-0.2, 0) is 18.3 Å². The van der Waals surface area contributed by atoms with Gasteiger partial charge in [-0.05, 0) is 38.5 Å². The minimum Gasteiger partial charge on any atom is -0.481 e. The van der Waals surface area contributed by atoms with Crippen LogP contribution in [0.3, 0.4) is 0 Å². The van der Waals surface area contributed by atoms with Gasteiger partial charge in [0, 0.05) is 13.5 Å². The largest absolute Gasteiger partial charge is 0.481 e. The van der Waals surface area contributed by atoms with Gasteiger partial charge in [-0.25, -0.2) is 0 Å². The number of hydrogen-bond donors (Lipinski definition) is 1. The minimum atomic E-state index is -0.688. The third-order valence-corrected chi connectivity index (χ3v) is 5.47. The van der Waals surface area contributed by atoms with E-state index in [9.17, 15) is 9.90 Å². The van der Waals surface area contributed by atoms with Crippen molar-refractivity contribution in [2.75, 3.05) is 0 Å². The third kappa shape index (κ3) is 3.25. The highest BCUT2D eigenvalue weighted by atomic mass is 35.5. The monoisotopic (exact) mass is 312 g/mol. The number of aryl methyl sites for hydroxylation is 2.